The lowest BCUT2D eigenvalue weighted by Gasteiger charge is -2.54. The maximum Gasteiger partial charge on any atom is 0.329 e. The molecule has 72 heavy (non-hydrogen) atoms. The highest BCUT2D eigenvalue weighted by atomic mass is 35.5. The number of halogens is 2. The fourth-order valence-electron chi connectivity index (χ4n) is 11.1. The van der Waals surface area contributed by atoms with Crippen LogP contribution < -0.4 is 31.0 Å². The van der Waals surface area contributed by atoms with Gasteiger partial charge in [0, 0.05) is 132 Å². The largest absolute Gasteiger partial charge is 0.486 e. The number of hydrogen-bond acceptors (Lipinski definition) is 12. The summed E-state index contributed by atoms with van der Waals surface area (Å²) >= 11 is 12.7. The minimum absolute atomic E-state index is 0.0475. The van der Waals surface area contributed by atoms with Crippen LogP contribution in [0.1, 0.15) is 98.1 Å². The van der Waals surface area contributed by atoms with E-state index in [-0.39, 0.29) is 47.9 Å². The van der Waals surface area contributed by atoms with Gasteiger partial charge >= 0.3 is 6.03 Å². The molecule has 5 fully saturated rings. The topological polar surface area (TPSA) is 210 Å². The van der Waals surface area contributed by atoms with Crippen molar-refractivity contribution < 1.29 is 29.3 Å². The Balaban J connectivity index is 0.680. The lowest BCUT2D eigenvalue weighted by Crippen LogP contribution is -2.61. The second-order valence-corrected chi connectivity index (χ2v) is 21.1. The summed E-state index contributed by atoms with van der Waals surface area (Å²) in [5.74, 6) is 1.90. The molecule has 0 aliphatic carbocycles. The molecule has 1 atom stereocenters. The average Bonchev–Trinajstić information content (AvgIpc) is 3.37. The summed E-state index contributed by atoms with van der Waals surface area (Å²) in [5, 5.41) is 18.6. The number of nitrogen functional groups attached to an aromatic ring is 1. The highest BCUT2D eigenvalue weighted by Gasteiger charge is 2.46. The van der Waals surface area contributed by atoms with Crippen LogP contribution in [0.5, 0.6) is 5.75 Å². The van der Waals surface area contributed by atoms with Gasteiger partial charge in [-0.05, 0) is 112 Å². The van der Waals surface area contributed by atoms with E-state index in [0.717, 1.165) is 82.0 Å². The molecule has 7 heterocycles. The number of ether oxygens (including phenoxy) is 1. The zero-order valence-electron chi connectivity index (χ0n) is 41.3. The third-order valence-corrected chi connectivity index (χ3v) is 16.1. The Morgan fingerprint density at radius 3 is 2.26 bits per heavy atom. The summed E-state index contributed by atoms with van der Waals surface area (Å²) in [6.45, 7) is 9.07. The number of amides is 5. The van der Waals surface area contributed by atoms with Crippen molar-refractivity contribution in [3.05, 3.63) is 105 Å². The normalized spacial score (nSPS) is 19.2. The SMILES string of the molecule is C[C@@H](Oc1ccc(N)c(C(=[NH2+])c2ccc(N3CC4(CCN(C(=O)C5CCN(C(=O)CCN6CCC(c7ccc(C(=N)N8CCC(=O)NC8=O)c(N(C)C)c7)CC6)CC5)CC4)C3)nc2)c1)c1c(Cl)cncc1Cl. The number of likely N-dealkylation sites (tertiary alicyclic amines) is 3. The molecule has 9 rings (SSSR count). The number of piperidine rings is 3. The van der Waals surface area contributed by atoms with E-state index in [1.807, 2.05) is 55.1 Å². The molecular weight excluding hydrogens is 956 g/mol. The molecule has 0 unspecified atom stereocenters. The third kappa shape index (κ3) is 10.9. The minimum atomic E-state index is -0.562. The van der Waals surface area contributed by atoms with E-state index in [0.29, 0.717) is 88.7 Å². The smallest absolute Gasteiger partial charge is 0.329 e. The molecule has 5 saturated heterocycles. The minimum Gasteiger partial charge on any atom is -0.486 e. The van der Waals surface area contributed by atoms with E-state index in [4.69, 9.17) is 49.5 Å². The van der Waals surface area contributed by atoms with Gasteiger partial charge in [-0.1, -0.05) is 29.3 Å². The number of benzene rings is 2. The van der Waals surface area contributed by atoms with Gasteiger partial charge in [0.05, 0.1) is 21.2 Å². The molecule has 6 N–H and O–H groups in total. The first-order valence-corrected chi connectivity index (χ1v) is 25.8. The lowest BCUT2D eigenvalue weighted by atomic mass is 9.71. The first-order valence-electron chi connectivity index (χ1n) is 25.1. The number of nitrogens with two attached hydrogens (primary N) is 2. The van der Waals surface area contributed by atoms with Crippen molar-refractivity contribution in [3.8, 4) is 5.75 Å². The first-order chi connectivity index (χ1) is 34.6. The van der Waals surface area contributed by atoms with Crippen molar-refractivity contribution in [2.45, 2.75) is 70.3 Å². The number of nitrogens with one attached hydrogen (secondary N) is 2. The average molecular weight is 1020 g/mol. The Morgan fingerprint density at radius 2 is 1.61 bits per heavy atom. The van der Waals surface area contributed by atoms with Crippen LogP contribution in [0.2, 0.25) is 10.0 Å². The zero-order chi connectivity index (χ0) is 50.8. The van der Waals surface area contributed by atoms with Crippen molar-refractivity contribution in [2.24, 2.45) is 11.3 Å². The molecule has 17 nitrogen and oxygen atoms in total. The summed E-state index contributed by atoms with van der Waals surface area (Å²) in [5.41, 5.74) is 12.3. The number of amidine groups is 1. The predicted molar refractivity (Wildman–Crippen MR) is 279 cm³/mol. The van der Waals surface area contributed by atoms with Gasteiger partial charge in [0.1, 0.15) is 23.5 Å². The monoisotopic (exact) mass is 1020 g/mol. The van der Waals surface area contributed by atoms with Crippen molar-refractivity contribution in [3.63, 3.8) is 0 Å². The van der Waals surface area contributed by atoms with Crippen LogP contribution in [0.4, 0.5) is 22.0 Å². The van der Waals surface area contributed by atoms with Crippen LogP contribution in [-0.4, -0.2) is 144 Å². The summed E-state index contributed by atoms with van der Waals surface area (Å²) in [4.78, 5) is 72.0. The van der Waals surface area contributed by atoms with E-state index in [1.165, 1.54) is 22.9 Å². The van der Waals surface area contributed by atoms with Crippen LogP contribution in [-0.2, 0) is 14.4 Å². The lowest BCUT2D eigenvalue weighted by molar-refractivity contribution is -0.142. The standard InChI is InChI=1S/C53H64Cl2N12O5/c1-33(48-41(54)29-59-30-42(48)55)72-38-6-8-43(56)40(27-38)49(57)37-5-9-45(60-28-37)66-31-53(32-66)16-24-65(25-17-53)51(70)35-12-21-64(22-13-35)47(69)15-20-63-18-10-34(11-19-63)36-4-7-39(44(26-36)62(2)3)50(58)67-23-14-46(68)61-52(67)71/h4-9,26-30,33-35,57-58H,10-25,31-32,56H2,1-3H3,(H,61,68,71)/p+1/t33-/m1/s1. The summed E-state index contributed by atoms with van der Waals surface area (Å²) < 4.78 is 6.20. The molecule has 5 aliphatic heterocycles. The van der Waals surface area contributed by atoms with E-state index < -0.39 is 12.1 Å². The quantitative estimate of drug-likeness (QED) is 0.0760. The highest BCUT2D eigenvalue weighted by Crippen LogP contribution is 2.43. The second kappa shape index (κ2) is 21.4. The zero-order valence-corrected chi connectivity index (χ0v) is 42.9. The molecule has 0 radical (unpaired) electrons. The van der Waals surface area contributed by atoms with Gasteiger partial charge in [-0.15, -0.1) is 0 Å². The van der Waals surface area contributed by atoms with Gasteiger partial charge in [0.2, 0.25) is 23.4 Å². The van der Waals surface area contributed by atoms with E-state index in [1.54, 1.807) is 18.3 Å². The van der Waals surface area contributed by atoms with Crippen LogP contribution in [0.25, 0.3) is 0 Å². The maximum absolute atomic E-state index is 13.8. The van der Waals surface area contributed by atoms with E-state index in [9.17, 15) is 19.2 Å². The second-order valence-electron chi connectivity index (χ2n) is 20.3. The fraction of sp³-hybridized carbons (Fsp3) is 0.472. The molecule has 4 aromatic rings. The van der Waals surface area contributed by atoms with Crippen LogP contribution in [0.15, 0.2) is 67.1 Å². The maximum atomic E-state index is 13.8. The summed E-state index contributed by atoms with van der Waals surface area (Å²) in [7, 11) is 3.86. The summed E-state index contributed by atoms with van der Waals surface area (Å²) in [6, 6.07) is 14.8. The number of pyridine rings is 2. The molecule has 0 bridgehead atoms. The number of imide groups is 1. The van der Waals surface area contributed by atoms with Gasteiger partial charge < -0.3 is 35.0 Å². The summed E-state index contributed by atoms with van der Waals surface area (Å²) in [6.07, 6.45) is 10.3. The number of urea groups is 1. The van der Waals surface area contributed by atoms with Crippen LogP contribution in [0.3, 0.4) is 0 Å². The van der Waals surface area contributed by atoms with Gasteiger partial charge in [-0.3, -0.25) is 40.4 Å². The van der Waals surface area contributed by atoms with Crippen molar-refractivity contribution in [1.29, 1.82) is 5.41 Å². The number of hydrogen-bond donors (Lipinski definition) is 4. The van der Waals surface area contributed by atoms with E-state index in [2.05, 4.69) is 37.1 Å². The molecule has 2 aromatic heterocycles. The molecule has 380 valence electrons. The van der Waals surface area contributed by atoms with Gasteiger partial charge in [-0.25, -0.2) is 9.78 Å². The molecule has 2 aromatic carbocycles. The number of carbonyl (C=O) groups is 4. The molecule has 5 amide bonds. The third-order valence-electron chi connectivity index (χ3n) is 15.5. The van der Waals surface area contributed by atoms with Crippen LogP contribution in [0, 0.1) is 16.7 Å². The molecule has 19 heteroatoms. The van der Waals surface area contributed by atoms with Crippen LogP contribution >= 0.6 is 23.2 Å². The van der Waals surface area contributed by atoms with Crippen molar-refractivity contribution in [2.75, 3.05) is 95.1 Å². The Labute approximate surface area is 431 Å². The Morgan fingerprint density at radius 1 is 0.903 bits per heavy atom. The molecule has 0 saturated carbocycles. The Hall–Kier alpha value is -6.30. The van der Waals surface area contributed by atoms with E-state index >= 15 is 0 Å². The number of rotatable bonds is 13. The number of aromatic nitrogens is 2. The highest BCUT2D eigenvalue weighted by molar-refractivity contribution is 6.35. The van der Waals surface area contributed by atoms with Gasteiger partial charge in [0.15, 0.2) is 0 Å². The first kappa shape index (κ1) is 50.6. The Bertz CT molecular complexity index is 2700. The Kier molecular flexibility index (Phi) is 15.1. The number of anilines is 3. The van der Waals surface area contributed by atoms with Crippen molar-refractivity contribution in [1.82, 2.24) is 34.9 Å². The molecule has 1 spiro atoms. The number of carbonyl (C=O) groups excluding carboxylic acids is 4. The molecular formula is C53H65Cl2N12O5+. The number of nitrogens with zero attached hydrogens (tertiary/aromatic N) is 8. The van der Waals surface area contributed by atoms with Gasteiger partial charge in [0.25, 0.3) is 0 Å². The fourth-order valence-corrected chi connectivity index (χ4v) is 11.7. The van der Waals surface area contributed by atoms with Gasteiger partial charge in [-0.2, -0.15) is 0 Å². The van der Waals surface area contributed by atoms with Crippen molar-refractivity contribution >= 4 is 75.7 Å². The predicted octanol–water partition coefficient (Wildman–Crippen LogP) is 5.37. The molecule has 5 aliphatic rings.